The molecule has 1 aliphatic carbocycles. The SMILES string of the molecule is C=C.C=CC(=O)NC1=C(O)CCC1=O. The first kappa shape index (κ1) is 12.2. The summed E-state index contributed by atoms with van der Waals surface area (Å²) in [6.45, 7) is 9.23. The van der Waals surface area contributed by atoms with Crippen molar-refractivity contribution >= 4 is 11.7 Å². The van der Waals surface area contributed by atoms with E-state index in [9.17, 15) is 9.59 Å². The lowest BCUT2D eigenvalue weighted by Gasteiger charge is -2.00. The van der Waals surface area contributed by atoms with Gasteiger partial charge in [0.25, 0.3) is 0 Å². The van der Waals surface area contributed by atoms with E-state index in [2.05, 4.69) is 25.1 Å². The molecule has 0 unspecified atom stereocenters. The van der Waals surface area contributed by atoms with Gasteiger partial charge in [-0.05, 0) is 6.08 Å². The average Bonchev–Trinajstić information content (AvgIpc) is 2.52. The number of allylic oxidation sites excluding steroid dienone is 2. The maximum Gasteiger partial charge on any atom is 0.247 e. The summed E-state index contributed by atoms with van der Waals surface area (Å²) in [6, 6.07) is 0. The molecule has 0 saturated carbocycles. The number of carbonyl (C=O) groups is 2. The molecule has 0 aromatic heterocycles. The van der Waals surface area contributed by atoms with Crippen LogP contribution < -0.4 is 5.32 Å². The van der Waals surface area contributed by atoms with Gasteiger partial charge in [-0.1, -0.05) is 6.58 Å². The normalized spacial score (nSPS) is 14.4. The molecule has 0 atom stereocenters. The number of aliphatic hydroxyl groups excluding tert-OH is 1. The zero-order chi connectivity index (χ0) is 11.1. The first-order chi connectivity index (χ1) is 6.65. The van der Waals surface area contributed by atoms with Crippen LogP contribution in [0.3, 0.4) is 0 Å². The number of hydrogen-bond donors (Lipinski definition) is 2. The van der Waals surface area contributed by atoms with Crippen molar-refractivity contribution in [1.29, 1.82) is 0 Å². The van der Waals surface area contributed by atoms with Crippen LogP contribution >= 0.6 is 0 Å². The summed E-state index contributed by atoms with van der Waals surface area (Å²) in [4.78, 5) is 21.7. The lowest BCUT2D eigenvalue weighted by Crippen LogP contribution is -2.24. The fourth-order valence-corrected chi connectivity index (χ4v) is 0.959. The van der Waals surface area contributed by atoms with E-state index in [1.165, 1.54) is 0 Å². The Balaban J connectivity index is 0.000000791. The van der Waals surface area contributed by atoms with E-state index in [4.69, 9.17) is 5.11 Å². The predicted octanol–water partition coefficient (Wildman–Crippen LogP) is 1.22. The number of ketones is 1. The molecule has 4 heteroatoms. The van der Waals surface area contributed by atoms with Crippen molar-refractivity contribution in [3.8, 4) is 0 Å². The third-order valence-electron chi connectivity index (χ3n) is 1.59. The molecule has 4 nitrogen and oxygen atoms in total. The molecular formula is C10H13NO3. The molecule has 0 radical (unpaired) electrons. The fraction of sp³-hybridized carbons (Fsp3) is 0.200. The molecule has 0 saturated heterocycles. The summed E-state index contributed by atoms with van der Waals surface area (Å²) in [5, 5.41) is 11.4. The van der Waals surface area contributed by atoms with Crippen LogP contribution in [-0.2, 0) is 9.59 Å². The third kappa shape index (κ3) is 2.90. The van der Waals surface area contributed by atoms with Crippen molar-refractivity contribution < 1.29 is 14.7 Å². The Hall–Kier alpha value is -1.84. The highest BCUT2D eigenvalue weighted by atomic mass is 16.3. The lowest BCUT2D eigenvalue weighted by atomic mass is 10.3. The number of nitrogens with one attached hydrogen (secondary N) is 1. The van der Waals surface area contributed by atoms with Gasteiger partial charge in [0.1, 0.15) is 11.5 Å². The highest BCUT2D eigenvalue weighted by Gasteiger charge is 2.23. The number of amides is 1. The van der Waals surface area contributed by atoms with Gasteiger partial charge in [-0.15, -0.1) is 13.2 Å². The summed E-state index contributed by atoms with van der Waals surface area (Å²) in [5.74, 6) is -0.760. The van der Waals surface area contributed by atoms with Crippen molar-refractivity contribution in [2.24, 2.45) is 0 Å². The minimum Gasteiger partial charge on any atom is -0.510 e. The fourth-order valence-electron chi connectivity index (χ4n) is 0.959. The molecule has 0 heterocycles. The molecule has 1 amide bonds. The summed E-state index contributed by atoms with van der Waals surface area (Å²) >= 11 is 0. The molecule has 0 aliphatic heterocycles. The third-order valence-corrected chi connectivity index (χ3v) is 1.59. The van der Waals surface area contributed by atoms with Crippen LogP contribution in [0, 0.1) is 0 Å². The Bertz CT molecular complexity index is 292. The van der Waals surface area contributed by atoms with Crippen molar-refractivity contribution in [2.45, 2.75) is 12.8 Å². The molecule has 0 spiro atoms. The summed E-state index contributed by atoms with van der Waals surface area (Å²) < 4.78 is 0. The van der Waals surface area contributed by atoms with Gasteiger partial charge in [0.15, 0.2) is 5.78 Å². The van der Waals surface area contributed by atoms with E-state index in [-0.39, 0.29) is 23.7 Å². The van der Waals surface area contributed by atoms with Crippen LogP contribution in [0.5, 0.6) is 0 Å². The van der Waals surface area contributed by atoms with Crippen LogP contribution in [0.2, 0.25) is 0 Å². The highest BCUT2D eigenvalue weighted by Crippen LogP contribution is 2.17. The van der Waals surface area contributed by atoms with E-state index in [0.717, 1.165) is 6.08 Å². The molecule has 14 heavy (non-hydrogen) atoms. The first-order valence-electron chi connectivity index (χ1n) is 4.04. The first-order valence-corrected chi connectivity index (χ1v) is 4.04. The minimum absolute atomic E-state index is 0.0138. The number of hydrogen-bond acceptors (Lipinski definition) is 3. The predicted molar refractivity (Wildman–Crippen MR) is 53.5 cm³/mol. The second-order valence-electron chi connectivity index (χ2n) is 2.44. The molecule has 2 N–H and O–H groups in total. The maximum absolute atomic E-state index is 11.0. The van der Waals surface area contributed by atoms with Crippen molar-refractivity contribution in [3.05, 3.63) is 37.3 Å². The van der Waals surface area contributed by atoms with E-state index >= 15 is 0 Å². The summed E-state index contributed by atoms with van der Waals surface area (Å²) in [5.41, 5.74) is 0.0138. The van der Waals surface area contributed by atoms with Gasteiger partial charge in [-0.25, -0.2) is 0 Å². The smallest absolute Gasteiger partial charge is 0.247 e. The second-order valence-corrected chi connectivity index (χ2v) is 2.44. The minimum atomic E-state index is -0.480. The van der Waals surface area contributed by atoms with Crippen molar-refractivity contribution in [1.82, 2.24) is 5.32 Å². The topological polar surface area (TPSA) is 66.4 Å². The molecule has 0 aromatic rings. The Morgan fingerprint density at radius 1 is 1.43 bits per heavy atom. The van der Waals surface area contributed by atoms with Gasteiger partial charge < -0.3 is 10.4 Å². The molecule has 1 rings (SSSR count). The molecule has 76 valence electrons. The van der Waals surface area contributed by atoms with Gasteiger partial charge in [0.2, 0.25) is 5.91 Å². The van der Waals surface area contributed by atoms with E-state index in [1.807, 2.05) is 0 Å². The van der Waals surface area contributed by atoms with Gasteiger partial charge >= 0.3 is 0 Å². The number of rotatable bonds is 2. The molecule has 1 aliphatic rings. The number of aliphatic hydroxyl groups is 1. The Morgan fingerprint density at radius 2 is 2.00 bits per heavy atom. The van der Waals surface area contributed by atoms with Crippen LogP contribution in [0.4, 0.5) is 0 Å². The Kier molecular flexibility index (Phi) is 4.99. The molecular weight excluding hydrogens is 182 g/mol. The van der Waals surface area contributed by atoms with Crippen LogP contribution in [-0.4, -0.2) is 16.8 Å². The highest BCUT2D eigenvalue weighted by molar-refractivity contribution is 6.03. The maximum atomic E-state index is 11.0. The Labute approximate surface area is 82.6 Å². The number of carbonyl (C=O) groups excluding carboxylic acids is 2. The van der Waals surface area contributed by atoms with Crippen molar-refractivity contribution in [3.63, 3.8) is 0 Å². The average molecular weight is 195 g/mol. The van der Waals surface area contributed by atoms with E-state index in [0.29, 0.717) is 6.42 Å². The zero-order valence-electron chi connectivity index (χ0n) is 7.88. The van der Waals surface area contributed by atoms with Crippen LogP contribution in [0.15, 0.2) is 37.3 Å². The summed E-state index contributed by atoms with van der Waals surface area (Å²) in [6.07, 6.45) is 1.62. The van der Waals surface area contributed by atoms with Crippen LogP contribution in [0.1, 0.15) is 12.8 Å². The molecule has 0 bridgehead atoms. The van der Waals surface area contributed by atoms with Gasteiger partial charge in [-0.2, -0.15) is 0 Å². The Morgan fingerprint density at radius 3 is 2.36 bits per heavy atom. The van der Waals surface area contributed by atoms with Gasteiger partial charge in [0, 0.05) is 12.8 Å². The van der Waals surface area contributed by atoms with E-state index < -0.39 is 5.91 Å². The quantitative estimate of drug-likeness (QED) is 0.514. The molecule has 0 aromatic carbocycles. The van der Waals surface area contributed by atoms with Gasteiger partial charge in [-0.3, -0.25) is 9.59 Å². The zero-order valence-corrected chi connectivity index (χ0v) is 7.88. The van der Waals surface area contributed by atoms with Crippen LogP contribution in [0.25, 0.3) is 0 Å². The largest absolute Gasteiger partial charge is 0.510 e. The second kappa shape index (κ2) is 5.75. The van der Waals surface area contributed by atoms with Gasteiger partial charge in [0.05, 0.1) is 0 Å². The number of Topliss-reactive ketones (excluding diaryl/α,β-unsaturated/α-hetero) is 1. The van der Waals surface area contributed by atoms with Crippen molar-refractivity contribution in [2.75, 3.05) is 0 Å². The summed E-state index contributed by atoms with van der Waals surface area (Å²) in [7, 11) is 0. The monoisotopic (exact) mass is 195 g/mol. The lowest BCUT2D eigenvalue weighted by molar-refractivity contribution is -0.119. The molecule has 0 fully saturated rings. The van der Waals surface area contributed by atoms with E-state index in [1.54, 1.807) is 0 Å². The standard InChI is InChI=1S/C8H9NO3.C2H4/c1-2-7(12)9-8-5(10)3-4-6(8)11;1-2/h2,10H,1,3-4H2,(H,9,12);1-2H2.